The Balaban J connectivity index is 1.67. The molecule has 5 nitrogen and oxygen atoms in total. The number of hydrogen-bond acceptors (Lipinski definition) is 3. The zero-order valence-corrected chi connectivity index (χ0v) is 15.9. The van der Waals surface area contributed by atoms with Crippen LogP contribution < -0.4 is 10.6 Å². The zero-order chi connectivity index (χ0) is 19.9. The van der Waals surface area contributed by atoms with Crippen LogP contribution in [0.4, 0.5) is 0 Å². The molecule has 2 N–H and O–H groups in total. The van der Waals surface area contributed by atoms with Crippen LogP contribution in [0.5, 0.6) is 0 Å². The fraction of sp³-hybridized carbons (Fsp3) is 0.174. The first kappa shape index (κ1) is 19.3. The van der Waals surface area contributed by atoms with Gasteiger partial charge < -0.3 is 10.6 Å². The van der Waals surface area contributed by atoms with E-state index in [1.807, 2.05) is 74.5 Å². The van der Waals surface area contributed by atoms with Gasteiger partial charge in [0.25, 0.3) is 11.8 Å². The Morgan fingerprint density at radius 1 is 0.643 bits per heavy atom. The molecule has 0 saturated heterocycles. The van der Waals surface area contributed by atoms with E-state index in [4.69, 9.17) is 0 Å². The predicted molar refractivity (Wildman–Crippen MR) is 109 cm³/mol. The number of nitrogens with one attached hydrogen (secondary N) is 2. The van der Waals surface area contributed by atoms with Crippen molar-refractivity contribution < 1.29 is 9.59 Å². The third kappa shape index (κ3) is 4.82. The van der Waals surface area contributed by atoms with Crippen LogP contribution in [0.15, 0.2) is 78.9 Å². The fourth-order valence-electron chi connectivity index (χ4n) is 2.88. The van der Waals surface area contributed by atoms with E-state index in [1.165, 1.54) is 0 Å². The molecule has 28 heavy (non-hydrogen) atoms. The molecule has 5 heteroatoms. The second-order valence-electron chi connectivity index (χ2n) is 6.62. The van der Waals surface area contributed by atoms with E-state index >= 15 is 0 Å². The van der Waals surface area contributed by atoms with Crippen molar-refractivity contribution in [1.29, 1.82) is 0 Å². The highest BCUT2D eigenvalue weighted by molar-refractivity contribution is 5.96. The lowest BCUT2D eigenvalue weighted by Crippen LogP contribution is -2.30. The van der Waals surface area contributed by atoms with Gasteiger partial charge in [0.1, 0.15) is 11.4 Å². The number of rotatable bonds is 6. The highest BCUT2D eigenvalue weighted by atomic mass is 16.2. The van der Waals surface area contributed by atoms with Gasteiger partial charge in [-0.3, -0.25) is 9.59 Å². The number of hydrogen-bond donors (Lipinski definition) is 2. The summed E-state index contributed by atoms with van der Waals surface area (Å²) >= 11 is 0. The summed E-state index contributed by atoms with van der Waals surface area (Å²) < 4.78 is 0. The summed E-state index contributed by atoms with van der Waals surface area (Å²) in [6, 6.07) is 23.9. The van der Waals surface area contributed by atoms with E-state index in [0.717, 1.165) is 11.1 Å². The molecule has 142 valence electrons. The van der Waals surface area contributed by atoms with Crippen molar-refractivity contribution in [2.24, 2.45) is 0 Å². The van der Waals surface area contributed by atoms with E-state index in [2.05, 4.69) is 15.6 Å². The lowest BCUT2D eigenvalue weighted by atomic mass is 10.1. The van der Waals surface area contributed by atoms with E-state index in [0.29, 0.717) is 0 Å². The number of aromatic nitrogens is 1. The number of amides is 2. The molecule has 0 bridgehead atoms. The lowest BCUT2D eigenvalue weighted by molar-refractivity contribution is 0.0930. The molecule has 1 heterocycles. The van der Waals surface area contributed by atoms with Crippen LogP contribution in [-0.4, -0.2) is 16.8 Å². The second kappa shape index (κ2) is 8.95. The molecule has 2 unspecified atom stereocenters. The molecule has 2 atom stereocenters. The average molecular weight is 373 g/mol. The monoisotopic (exact) mass is 373 g/mol. The van der Waals surface area contributed by atoms with Crippen LogP contribution in [0.2, 0.25) is 0 Å². The molecule has 0 fully saturated rings. The first-order chi connectivity index (χ1) is 13.5. The molecule has 0 saturated carbocycles. The number of nitrogens with zero attached hydrogens (tertiary/aromatic N) is 1. The molecule has 2 aromatic carbocycles. The predicted octanol–water partition coefficient (Wildman–Crippen LogP) is 4.06. The van der Waals surface area contributed by atoms with Crippen LogP contribution in [0.25, 0.3) is 0 Å². The Kier molecular flexibility index (Phi) is 6.17. The maximum absolute atomic E-state index is 12.5. The third-order valence-corrected chi connectivity index (χ3v) is 4.51. The van der Waals surface area contributed by atoms with Gasteiger partial charge in [-0.25, -0.2) is 4.98 Å². The maximum Gasteiger partial charge on any atom is 0.270 e. The van der Waals surface area contributed by atoms with Crippen molar-refractivity contribution >= 4 is 11.8 Å². The summed E-state index contributed by atoms with van der Waals surface area (Å²) in [6.07, 6.45) is 0. The molecule has 0 spiro atoms. The SMILES string of the molecule is CC(NC(=O)c1cccc(C(=O)NC(C)c2ccccc2)n1)c1ccccc1. The van der Waals surface area contributed by atoms with Gasteiger partial charge in [-0.1, -0.05) is 66.7 Å². The highest BCUT2D eigenvalue weighted by Gasteiger charge is 2.16. The van der Waals surface area contributed by atoms with Crippen molar-refractivity contribution in [3.8, 4) is 0 Å². The van der Waals surface area contributed by atoms with Crippen molar-refractivity contribution in [2.45, 2.75) is 25.9 Å². The summed E-state index contributed by atoms with van der Waals surface area (Å²) in [6.45, 7) is 3.82. The van der Waals surface area contributed by atoms with Gasteiger partial charge in [0.15, 0.2) is 0 Å². The van der Waals surface area contributed by atoms with Crippen LogP contribution in [0.3, 0.4) is 0 Å². The van der Waals surface area contributed by atoms with E-state index in [9.17, 15) is 9.59 Å². The maximum atomic E-state index is 12.5. The molecule has 1 aromatic heterocycles. The summed E-state index contributed by atoms with van der Waals surface area (Å²) in [5.74, 6) is -0.635. The van der Waals surface area contributed by atoms with E-state index in [1.54, 1.807) is 18.2 Å². The van der Waals surface area contributed by atoms with Gasteiger partial charge in [0.2, 0.25) is 0 Å². The topological polar surface area (TPSA) is 71.1 Å². The van der Waals surface area contributed by atoms with Crippen LogP contribution >= 0.6 is 0 Å². The normalized spacial score (nSPS) is 12.6. The van der Waals surface area contributed by atoms with Gasteiger partial charge in [-0.15, -0.1) is 0 Å². The summed E-state index contributed by atoms with van der Waals surface area (Å²) in [7, 11) is 0. The molecule has 0 aliphatic heterocycles. The summed E-state index contributed by atoms with van der Waals surface area (Å²) in [5.41, 5.74) is 2.42. The molecule has 0 aliphatic rings. The van der Waals surface area contributed by atoms with E-state index in [-0.39, 0.29) is 35.3 Å². The standard InChI is InChI=1S/C23H23N3O2/c1-16(18-10-5-3-6-11-18)24-22(27)20-14-9-15-21(26-20)23(28)25-17(2)19-12-7-4-8-13-19/h3-17H,1-2H3,(H,24,27)(H,25,28). The van der Waals surface area contributed by atoms with Crippen molar-refractivity contribution in [3.63, 3.8) is 0 Å². The Morgan fingerprint density at radius 2 is 1.04 bits per heavy atom. The van der Waals surface area contributed by atoms with Gasteiger partial charge in [0.05, 0.1) is 12.1 Å². The molecule has 0 aliphatic carbocycles. The number of carbonyl (C=O) groups is 2. The minimum absolute atomic E-state index is 0.161. The van der Waals surface area contributed by atoms with Gasteiger partial charge in [-0.05, 0) is 37.1 Å². The van der Waals surface area contributed by atoms with Crippen molar-refractivity contribution in [1.82, 2.24) is 15.6 Å². The quantitative estimate of drug-likeness (QED) is 0.684. The number of pyridine rings is 1. The Bertz CT molecular complexity index is 868. The molecule has 3 rings (SSSR count). The van der Waals surface area contributed by atoms with Crippen LogP contribution in [0.1, 0.15) is 58.0 Å². The van der Waals surface area contributed by atoms with Crippen LogP contribution in [-0.2, 0) is 0 Å². The number of carbonyl (C=O) groups excluding carboxylic acids is 2. The van der Waals surface area contributed by atoms with Gasteiger partial charge in [0, 0.05) is 0 Å². The lowest BCUT2D eigenvalue weighted by Gasteiger charge is -2.15. The Morgan fingerprint density at radius 3 is 1.43 bits per heavy atom. The molecular formula is C23H23N3O2. The third-order valence-electron chi connectivity index (χ3n) is 4.51. The minimum atomic E-state index is -0.317. The zero-order valence-electron chi connectivity index (χ0n) is 15.9. The van der Waals surface area contributed by atoms with Crippen LogP contribution in [0, 0.1) is 0 Å². The highest BCUT2D eigenvalue weighted by Crippen LogP contribution is 2.14. The summed E-state index contributed by atoms with van der Waals surface area (Å²) in [4.78, 5) is 29.3. The first-order valence-electron chi connectivity index (χ1n) is 9.23. The molecular weight excluding hydrogens is 350 g/mol. The summed E-state index contributed by atoms with van der Waals surface area (Å²) in [5, 5.41) is 5.82. The Labute approximate surface area is 164 Å². The molecule has 3 aromatic rings. The van der Waals surface area contributed by atoms with Gasteiger partial charge in [-0.2, -0.15) is 0 Å². The first-order valence-corrected chi connectivity index (χ1v) is 9.23. The largest absolute Gasteiger partial charge is 0.344 e. The van der Waals surface area contributed by atoms with Gasteiger partial charge >= 0.3 is 0 Å². The molecule has 2 amide bonds. The average Bonchev–Trinajstić information content (AvgIpc) is 2.75. The Hall–Kier alpha value is -3.47. The second-order valence-corrected chi connectivity index (χ2v) is 6.62. The van der Waals surface area contributed by atoms with Crippen molar-refractivity contribution in [3.05, 3.63) is 101 Å². The van der Waals surface area contributed by atoms with Crippen molar-refractivity contribution in [2.75, 3.05) is 0 Å². The fourth-order valence-corrected chi connectivity index (χ4v) is 2.88. The minimum Gasteiger partial charge on any atom is -0.344 e. The smallest absolute Gasteiger partial charge is 0.270 e. The number of benzene rings is 2. The van der Waals surface area contributed by atoms with E-state index < -0.39 is 0 Å². The molecule has 0 radical (unpaired) electrons.